The number of H-pyrrole nitrogens is 1. The highest BCUT2D eigenvalue weighted by Crippen LogP contribution is 2.18. The van der Waals surface area contributed by atoms with E-state index >= 15 is 0 Å². The highest BCUT2D eigenvalue weighted by Gasteiger charge is 2.07. The molecule has 0 amide bonds. The van der Waals surface area contributed by atoms with Crippen molar-refractivity contribution >= 4 is 22.5 Å². The highest BCUT2D eigenvalue weighted by molar-refractivity contribution is 5.81. The van der Waals surface area contributed by atoms with Crippen LogP contribution in [-0.4, -0.2) is 33.8 Å². The minimum absolute atomic E-state index is 0.733. The fraction of sp³-hybridized carbons (Fsp3) is 0.286. The standard InChI is InChI=1S/C14H18N6/c1-19(2)14-16-9-12(20(14)3)8-15-11-5-4-10-7-17-18-13(10)6-11/h4-7,9,15H,8H2,1-3H3,(H,17,18). The number of imidazole rings is 1. The average molecular weight is 270 g/mol. The Bertz CT molecular complexity index is 724. The number of nitrogens with zero attached hydrogens (tertiary/aromatic N) is 4. The highest BCUT2D eigenvalue weighted by atomic mass is 15.3. The van der Waals surface area contributed by atoms with E-state index in [-0.39, 0.29) is 0 Å². The molecule has 3 aromatic rings. The number of nitrogens with one attached hydrogen (secondary N) is 2. The molecule has 3 rings (SSSR count). The first kappa shape index (κ1) is 12.5. The van der Waals surface area contributed by atoms with E-state index in [1.807, 2.05) is 38.4 Å². The fourth-order valence-electron chi connectivity index (χ4n) is 2.25. The van der Waals surface area contributed by atoms with Crippen LogP contribution in [0.1, 0.15) is 5.69 Å². The maximum absolute atomic E-state index is 4.40. The van der Waals surface area contributed by atoms with Gasteiger partial charge in [-0.25, -0.2) is 4.98 Å². The normalized spacial score (nSPS) is 10.9. The maximum atomic E-state index is 4.40. The van der Waals surface area contributed by atoms with Crippen LogP contribution in [0.4, 0.5) is 11.6 Å². The smallest absolute Gasteiger partial charge is 0.204 e. The van der Waals surface area contributed by atoms with Crippen molar-refractivity contribution in [3.05, 3.63) is 36.3 Å². The van der Waals surface area contributed by atoms with Crippen molar-refractivity contribution < 1.29 is 0 Å². The van der Waals surface area contributed by atoms with Gasteiger partial charge in [-0.15, -0.1) is 0 Å². The predicted octanol–water partition coefficient (Wildman–Crippen LogP) is 1.97. The van der Waals surface area contributed by atoms with E-state index in [2.05, 4.69) is 43.3 Å². The predicted molar refractivity (Wildman–Crippen MR) is 81.0 cm³/mol. The lowest BCUT2D eigenvalue weighted by atomic mass is 10.2. The number of anilines is 2. The molecule has 0 bridgehead atoms. The first-order valence-corrected chi connectivity index (χ1v) is 6.50. The number of aromatic nitrogens is 4. The SMILES string of the molecule is CN(C)c1ncc(CNc2ccc3cn[nH]c3c2)n1C. The first-order chi connectivity index (χ1) is 9.65. The molecule has 0 aliphatic heterocycles. The minimum Gasteiger partial charge on any atom is -0.379 e. The Balaban J connectivity index is 1.75. The molecule has 0 fully saturated rings. The third-order valence-corrected chi connectivity index (χ3v) is 3.38. The second-order valence-electron chi connectivity index (χ2n) is 5.03. The second kappa shape index (κ2) is 4.88. The van der Waals surface area contributed by atoms with Crippen molar-refractivity contribution in [1.29, 1.82) is 0 Å². The number of hydrogen-bond donors (Lipinski definition) is 2. The van der Waals surface area contributed by atoms with Gasteiger partial charge >= 0.3 is 0 Å². The number of hydrogen-bond acceptors (Lipinski definition) is 4. The quantitative estimate of drug-likeness (QED) is 0.761. The van der Waals surface area contributed by atoms with Gasteiger partial charge in [0.25, 0.3) is 0 Å². The molecule has 1 aromatic carbocycles. The lowest BCUT2D eigenvalue weighted by molar-refractivity contribution is 0.814. The van der Waals surface area contributed by atoms with Crippen molar-refractivity contribution in [1.82, 2.24) is 19.7 Å². The molecule has 104 valence electrons. The fourth-order valence-corrected chi connectivity index (χ4v) is 2.25. The molecule has 2 N–H and O–H groups in total. The Morgan fingerprint density at radius 1 is 1.30 bits per heavy atom. The molecule has 0 atom stereocenters. The van der Waals surface area contributed by atoms with Gasteiger partial charge in [0, 0.05) is 32.2 Å². The third-order valence-electron chi connectivity index (χ3n) is 3.38. The summed E-state index contributed by atoms with van der Waals surface area (Å²) in [7, 11) is 6.01. The Morgan fingerprint density at radius 2 is 2.15 bits per heavy atom. The van der Waals surface area contributed by atoms with Crippen molar-refractivity contribution in [3.63, 3.8) is 0 Å². The average Bonchev–Trinajstić information content (AvgIpc) is 3.02. The van der Waals surface area contributed by atoms with Crippen LogP contribution in [0.3, 0.4) is 0 Å². The maximum Gasteiger partial charge on any atom is 0.204 e. The van der Waals surface area contributed by atoms with E-state index in [0.717, 1.165) is 34.8 Å². The first-order valence-electron chi connectivity index (χ1n) is 6.50. The summed E-state index contributed by atoms with van der Waals surface area (Å²) in [6.45, 7) is 0.733. The molecule has 0 spiro atoms. The zero-order valence-corrected chi connectivity index (χ0v) is 11.9. The lowest BCUT2D eigenvalue weighted by Crippen LogP contribution is -2.15. The van der Waals surface area contributed by atoms with Crippen LogP contribution in [-0.2, 0) is 13.6 Å². The third kappa shape index (κ3) is 2.20. The molecule has 6 heteroatoms. The monoisotopic (exact) mass is 270 g/mol. The number of aromatic amines is 1. The summed E-state index contributed by atoms with van der Waals surface area (Å²) in [5, 5.41) is 11.5. The molecule has 0 saturated heterocycles. The van der Waals surface area contributed by atoms with Crippen molar-refractivity contribution in [3.8, 4) is 0 Å². The van der Waals surface area contributed by atoms with Crippen LogP contribution < -0.4 is 10.2 Å². The summed E-state index contributed by atoms with van der Waals surface area (Å²) in [5.74, 6) is 0.950. The van der Waals surface area contributed by atoms with Gasteiger partial charge < -0.3 is 14.8 Å². The van der Waals surface area contributed by atoms with Crippen molar-refractivity contribution in [2.75, 3.05) is 24.3 Å². The van der Waals surface area contributed by atoms with E-state index in [9.17, 15) is 0 Å². The van der Waals surface area contributed by atoms with E-state index < -0.39 is 0 Å². The molecule has 0 saturated carbocycles. The number of fused-ring (bicyclic) bond motifs is 1. The van der Waals surface area contributed by atoms with E-state index in [0.29, 0.717) is 0 Å². The molecule has 2 aromatic heterocycles. The summed E-state index contributed by atoms with van der Waals surface area (Å²) in [6.07, 6.45) is 3.72. The number of rotatable bonds is 4. The van der Waals surface area contributed by atoms with Gasteiger partial charge in [-0.2, -0.15) is 5.10 Å². The van der Waals surface area contributed by atoms with Crippen molar-refractivity contribution in [2.45, 2.75) is 6.54 Å². The largest absolute Gasteiger partial charge is 0.379 e. The Morgan fingerprint density at radius 3 is 2.90 bits per heavy atom. The van der Waals surface area contributed by atoms with Gasteiger partial charge in [0.15, 0.2) is 0 Å². The second-order valence-corrected chi connectivity index (χ2v) is 5.03. The van der Waals surface area contributed by atoms with Crippen LogP contribution in [0.5, 0.6) is 0 Å². The molecule has 0 unspecified atom stereocenters. The molecule has 6 nitrogen and oxygen atoms in total. The van der Waals surface area contributed by atoms with E-state index in [4.69, 9.17) is 0 Å². The van der Waals surface area contributed by atoms with Crippen LogP contribution in [0.25, 0.3) is 10.9 Å². The summed E-state index contributed by atoms with van der Waals surface area (Å²) < 4.78 is 2.09. The molecule has 0 aliphatic carbocycles. The molecular formula is C14H18N6. The van der Waals surface area contributed by atoms with E-state index in [1.165, 1.54) is 0 Å². The summed E-state index contributed by atoms with van der Waals surface area (Å²) in [4.78, 5) is 6.40. The number of benzene rings is 1. The van der Waals surface area contributed by atoms with Gasteiger partial charge in [0.05, 0.1) is 30.1 Å². The molecule has 2 heterocycles. The van der Waals surface area contributed by atoms with Gasteiger partial charge in [0.1, 0.15) is 0 Å². The van der Waals surface area contributed by atoms with Gasteiger partial charge in [-0.3, -0.25) is 5.10 Å². The Labute approximate surface area is 117 Å². The Hall–Kier alpha value is -2.50. The van der Waals surface area contributed by atoms with Crippen LogP contribution in [0, 0.1) is 0 Å². The molecule has 0 radical (unpaired) electrons. The molecule has 0 aliphatic rings. The van der Waals surface area contributed by atoms with Gasteiger partial charge in [-0.05, 0) is 18.2 Å². The lowest BCUT2D eigenvalue weighted by Gasteiger charge is -2.13. The zero-order chi connectivity index (χ0) is 14.1. The van der Waals surface area contributed by atoms with E-state index in [1.54, 1.807) is 0 Å². The Kier molecular flexibility index (Phi) is 3.06. The topological polar surface area (TPSA) is 61.8 Å². The van der Waals surface area contributed by atoms with Crippen LogP contribution in [0.15, 0.2) is 30.6 Å². The van der Waals surface area contributed by atoms with Gasteiger partial charge in [0.2, 0.25) is 5.95 Å². The molecule has 20 heavy (non-hydrogen) atoms. The summed E-state index contributed by atoms with van der Waals surface area (Å²) in [5.41, 5.74) is 3.24. The summed E-state index contributed by atoms with van der Waals surface area (Å²) >= 11 is 0. The summed E-state index contributed by atoms with van der Waals surface area (Å²) in [6, 6.07) is 6.17. The zero-order valence-electron chi connectivity index (χ0n) is 11.9. The van der Waals surface area contributed by atoms with Gasteiger partial charge in [-0.1, -0.05) is 0 Å². The van der Waals surface area contributed by atoms with Crippen LogP contribution in [0.2, 0.25) is 0 Å². The molecular weight excluding hydrogens is 252 g/mol. The minimum atomic E-state index is 0.733. The van der Waals surface area contributed by atoms with Crippen LogP contribution >= 0.6 is 0 Å². The van der Waals surface area contributed by atoms with Crippen molar-refractivity contribution in [2.24, 2.45) is 7.05 Å².